The lowest BCUT2D eigenvalue weighted by Crippen LogP contribution is -2.15. The van der Waals surface area contributed by atoms with Gasteiger partial charge in [0.1, 0.15) is 17.2 Å². The van der Waals surface area contributed by atoms with Crippen LogP contribution >= 0.6 is 23.1 Å². The number of hydrogen-bond acceptors (Lipinski definition) is 9. The van der Waals surface area contributed by atoms with E-state index in [1.807, 2.05) is 34.9 Å². The van der Waals surface area contributed by atoms with Gasteiger partial charge in [0.25, 0.3) is 0 Å². The second kappa shape index (κ2) is 11.4. The van der Waals surface area contributed by atoms with Crippen LogP contribution in [0.25, 0.3) is 0 Å². The number of thioether (sulfide) groups is 1. The van der Waals surface area contributed by atoms with E-state index in [4.69, 9.17) is 9.47 Å². The Kier molecular flexibility index (Phi) is 8.40. The molecule has 0 aliphatic rings. The predicted molar refractivity (Wildman–Crippen MR) is 123 cm³/mol. The zero-order chi connectivity index (χ0) is 22.9. The molecule has 2 heterocycles. The third kappa shape index (κ3) is 6.17. The van der Waals surface area contributed by atoms with Gasteiger partial charge < -0.3 is 14.8 Å². The first-order valence-electron chi connectivity index (χ1n) is 9.79. The summed E-state index contributed by atoms with van der Waals surface area (Å²) in [7, 11) is 0. The molecule has 168 valence electrons. The molecule has 1 aromatic carbocycles. The van der Waals surface area contributed by atoms with Crippen LogP contribution in [0.3, 0.4) is 0 Å². The number of nitrogens with one attached hydrogen (secondary N) is 1. The number of ether oxygens (including phenoxy) is 2. The fraction of sp³-hybridized carbons (Fsp3) is 0.286. The summed E-state index contributed by atoms with van der Waals surface area (Å²) in [6.45, 7) is 8.21. The number of hydrogen-bond donors (Lipinski definition) is 1. The van der Waals surface area contributed by atoms with E-state index in [1.165, 1.54) is 11.8 Å². The molecule has 0 aliphatic heterocycles. The maximum atomic E-state index is 12.4. The summed E-state index contributed by atoms with van der Waals surface area (Å²) < 4.78 is 12.6. The van der Waals surface area contributed by atoms with Crippen LogP contribution in [-0.2, 0) is 22.7 Å². The van der Waals surface area contributed by atoms with Crippen LogP contribution in [0, 0.1) is 6.92 Å². The summed E-state index contributed by atoms with van der Waals surface area (Å²) in [6.07, 6.45) is 1.73. The predicted octanol–water partition coefficient (Wildman–Crippen LogP) is 3.72. The maximum Gasteiger partial charge on any atom is 0.350 e. The summed E-state index contributed by atoms with van der Waals surface area (Å²) in [6, 6.07) is 9.42. The third-order valence-electron chi connectivity index (χ3n) is 4.05. The van der Waals surface area contributed by atoms with E-state index in [-0.39, 0.29) is 24.9 Å². The fourth-order valence-corrected chi connectivity index (χ4v) is 4.27. The monoisotopic (exact) mass is 473 g/mol. The average molecular weight is 474 g/mol. The molecule has 3 rings (SSSR count). The Hall–Kier alpha value is -3.18. The van der Waals surface area contributed by atoms with Gasteiger partial charge >= 0.3 is 5.97 Å². The van der Waals surface area contributed by atoms with Gasteiger partial charge in [0.15, 0.2) is 16.1 Å². The second-order valence-corrected chi connectivity index (χ2v) is 8.33. The molecule has 0 aliphatic carbocycles. The Morgan fingerprint density at radius 1 is 1.28 bits per heavy atom. The van der Waals surface area contributed by atoms with E-state index in [2.05, 4.69) is 27.1 Å². The Labute approximate surface area is 193 Å². The molecule has 0 bridgehead atoms. The van der Waals surface area contributed by atoms with Crippen molar-refractivity contribution in [2.45, 2.75) is 32.2 Å². The SMILES string of the molecule is C=CCn1c(COc2ccccc2)nnc1SCC(=O)Nc1nc(C)c(C(=O)OCC)s1. The number of amides is 1. The van der Waals surface area contributed by atoms with Gasteiger partial charge in [-0.1, -0.05) is 47.4 Å². The minimum absolute atomic E-state index is 0.0994. The highest BCUT2D eigenvalue weighted by molar-refractivity contribution is 7.99. The van der Waals surface area contributed by atoms with Gasteiger partial charge in [-0.2, -0.15) is 0 Å². The summed E-state index contributed by atoms with van der Waals surface area (Å²) in [5, 5.41) is 12.0. The van der Waals surface area contributed by atoms with E-state index in [0.29, 0.717) is 33.2 Å². The first-order valence-corrected chi connectivity index (χ1v) is 11.6. The molecule has 2 aromatic heterocycles. The van der Waals surface area contributed by atoms with Crippen molar-refractivity contribution in [3.8, 4) is 5.75 Å². The maximum absolute atomic E-state index is 12.4. The van der Waals surface area contributed by atoms with Gasteiger partial charge in [-0.15, -0.1) is 16.8 Å². The third-order valence-corrected chi connectivity index (χ3v) is 6.07. The molecular weight excluding hydrogens is 450 g/mol. The van der Waals surface area contributed by atoms with Crippen molar-refractivity contribution >= 4 is 40.1 Å². The van der Waals surface area contributed by atoms with Crippen molar-refractivity contribution in [1.82, 2.24) is 19.7 Å². The molecule has 11 heteroatoms. The lowest BCUT2D eigenvalue weighted by atomic mass is 10.3. The number of anilines is 1. The summed E-state index contributed by atoms with van der Waals surface area (Å²) in [5.41, 5.74) is 0.519. The number of benzene rings is 1. The van der Waals surface area contributed by atoms with Crippen molar-refractivity contribution < 1.29 is 19.1 Å². The molecule has 0 spiro atoms. The molecule has 0 saturated heterocycles. The molecule has 1 N–H and O–H groups in total. The Balaban J connectivity index is 1.59. The second-order valence-electron chi connectivity index (χ2n) is 6.39. The van der Waals surface area contributed by atoms with E-state index < -0.39 is 5.97 Å². The molecule has 9 nitrogen and oxygen atoms in total. The molecule has 1 amide bonds. The molecule has 0 radical (unpaired) electrons. The number of para-hydroxylation sites is 1. The van der Waals surface area contributed by atoms with Crippen molar-refractivity contribution in [1.29, 1.82) is 0 Å². The minimum Gasteiger partial charge on any atom is -0.486 e. The summed E-state index contributed by atoms with van der Waals surface area (Å²) in [4.78, 5) is 28.9. The normalized spacial score (nSPS) is 10.6. The Morgan fingerprint density at radius 3 is 2.78 bits per heavy atom. The molecule has 0 fully saturated rings. The van der Waals surface area contributed by atoms with E-state index >= 15 is 0 Å². The zero-order valence-electron chi connectivity index (χ0n) is 17.7. The smallest absolute Gasteiger partial charge is 0.350 e. The van der Waals surface area contributed by atoms with Crippen molar-refractivity contribution in [3.05, 3.63) is 59.4 Å². The van der Waals surface area contributed by atoms with Crippen LogP contribution in [-0.4, -0.2) is 44.0 Å². The van der Waals surface area contributed by atoms with Crippen LogP contribution in [0.5, 0.6) is 5.75 Å². The molecule has 32 heavy (non-hydrogen) atoms. The number of esters is 1. The van der Waals surface area contributed by atoms with Gasteiger partial charge in [-0.25, -0.2) is 9.78 Å². The first kappa shape index (κ1) is 23.5. The Bertz CT molecular complexity index is 1080. The van der Waals surface area contributed by atoms with Gasteiger partial charge in [0.2, 0.25) is 5.91 Å². The van der Waals surface area contributed by atoms with Crippen LogP contribution in [0.2, 0.25) is 0 Å². The number of rotatable bonds is 11. The minimum atomic E-state index is -0.444. The van der Waals surface area contributed by atoms with Crippen molar-refractivity contribution in [2.75, 3.05) is 17.7 Å². The number of aromatic nitrogens is 4. The van der Waals surface area contributed by atoms with Crippen LogP contribution < -0.4 is 10.1 Å². The standard InChI is InChI=1S/C21H23N5O4S2/c1-4-11-26-16(12-30-15-9-7-6-8-10-15)24-25-21(26)31-13-17(27)23-20-22-14(3)18(32-20)19(28)29-5-2/h4,6-10H,1,5,11-13H2,2-3H3,(H,22,23,27). The van der Waals surface area contributed by atoms with E-state index in [0.717, 1.165) is 17.1 Å². The van der Waals surface area contributed by atoms with Gasteiger partial charge in [0, 0.05) is 6.54 Å². The average Bonchev–Trinajstić information content (AvgIpc) is 3.34. The van der Waals surface area contributed by atoms with Crippen molar-refractivity contribution in [2.24, 2.45) is 0 Å². The molecular formula is C21H23N5O4S2. The zero-order valence-corrected chi connectivity index (χ0v) is 19.4. The van der Waals surface area contributed by atoms with E-state index in [9.17, 15) is 9.59 Å². The highest BCUT2D eigenvalue weighted by Crippen LogP contribution is 2.24. The quantitative estimate of drug-likeness (QED) is 0.255. The van der Waals surface area contributed by atoms with Gasteiger partial charge in [0.05, 0.1) is 18.1 Å². The fourth-order valence-electron chi connectivity index (χ4n) is 2.63. The van der Waals surface area contributed by atoms with Crippen LogP contribution in [0.1, 0.15) is 28.1 Å². The van der Waals surface area contributed by atoms with Gasteiger partial charge in [-0.3, -0.25) is 9.36 Å². The number of nitrogens with zero attached hydrogens (tertiary/aromatic N) is 4. The summed E-state index contributed by atoms with van der Waals surface area (Å²) >= 11 is 2.33. The Morgan fingerprint density at radius 2 is 2.06 bits per heavy atom. The largest absolute Gasteiger partial charge is 0.486 e. The van der Waals surface area contributed by atoms with Crippen LogP contribution in [0.4, 0.5) is 5.13 Å². The van der Waals surface area contributed by atoms with Crippen LogP contribution in [0.15, 0.2) is 48.1 Å². The van der Waals surface area contributed by atoms with E-state index in [1.54, 1.807) is 19.9 Å². The topological polar surface area (TPSA) is 108 Å². The number of aryl methyl sites for hydroxylation is 1. The molecule has 0 atom stereocenters. The number of allylic oxidation sites excluding steroid dienone is 1. The highest BCUT2D eigenvalue weighted by atomic mass is 32.2. The summed E-state index contributed by atoms with van der Waals surface area (Å²) in [5.74, 6) is 0.748. The van der Waals surface area contributed by atoms with Crippen molar-refractivity contribution in [3.63, 3.8) is 0 Å². The number of thiazole rings is 1. The van der Waals surface area contributed by atoms with Gasteiger partial charge in [-0.05, 0) is 26.0 Å². The number of carbonyl (C=O) groups excluding carboxylic acids is 2. The number of carbonyl (C=O) groups is 2. The molecule has 3 aromatic rings. The molecule has 0 unspecified atom stereocenters. The first-order chi connectivity index (χ1) is 15.5. The lowest BCUT2D eigenvalue weighted by Gasteiger charge is -2.09. The lowest BCUT2D eigenvalue weighted by molar-refractivity contribution is -0.113. The highest BCUT2D eigenvalue weighted by Gasteiger charge is 2.18. The molecule has 0 saturated carbocycles.